The van der Waals surface area contributed by atoms with Crippen LogP contribution in [-0.4, -0.2) is 54.4 Å². The van der Waals surface area contributed by atoms with Gasteiger partial charge in [-0.1, -0.05) is 18.2 Å². The monoisotopic (exact) mass is 561 g/mol. The Bertz CT molecular complexity index is 1700. The van der Waals surface area contributed by atoms with Crippen LogP contribution in [0.5, 0.6) is 0 Å². The third-order valence-electron chi connectivity index (χ3n) is 7.43. The molecule has 4 aromatic rings. The molecule has 1 saturated carbocycles. The molecular formula is C28H31N7O4S. The number of hydrogen-bond acceptors (Lipinski definition) is 9. The molecule has 0 bridgehead atoms. The first-order valence-electron chi connectivity index (χ1n) is 13.2. The molecule has 40 heavy (non-hydrogen) atoms. The maximum absolute atomic E-state index is 12.8. The highest BCUT2D eigenvalue weighted by atomic mass is 32.2. The average molecular weight is 562 g/mol. The molecule has 0 unspecified atom stereocenters. The molecule has 0 amide bonds. The van der Waals surface area contributed by atoms with Crippen LogP contribution in [0.4, 0.5) is 28.8 Å². The van der Waals surface area contributed by atoms with E-state index in [2.05, 4.69) is 35.2 Å². The Hall–Kier alpha value is -4.16. The number of anilines is 5. The van der Waals surface area contributed by atoms with E-state index in [-0.39, 0.29) is 12.1 Å². The zero-order valence-corrected chi connectivity index (χ0v) is 22.9. The molecule has 4 N–H and O–H groups in total. The van der Waals surface area contributed by atoms with Gasteiger partial charge in [-0.2, -0.15) is 4.98 Å². The van der Waals surface area contributed by atoms with Crippen LogP contribution in [0.1, 0.15) is 25.3 Å². The summed E-state index contributed by atoms with van der Waals surface area (Å²) < 4.78 is 33.1. The van der Waals surface area contributed by atoms with Crippen LogP contribution in [0.15, 0.2) is 65.6 Å². The van der Waals surface area contributed by atoms with Gasteiger partial charge in [0.15, 0.2) is 0 Å². The fourth-order valence-corrected chi connectivity index (χ4v) is 6.01. The van der Waals surface area contributed by atoms with Gasteiger partial charge in [-0.25, -0.2) is 13.4 Å². The van der Waals surface area contributed by atoms with E-state index in [1.165, 1.54) is 0 Å². The van der Waals surface area contributed by atoms with Gasteiger partial charge in [-0.3, -0.25) is 9.52 Å². The standard InChI is InChI=1S/C28H31N7O4S/c1-28(11-12-28)40(37,38)34-22-5-3-2-4-19(22)18-30-27-32-23-10-13-29-26(36)24(23)25(33-27)31-20-6-8-21(9-7-20)35-14-16-39-17-15-35/h2-10,13,34H,11-12,14-18H2,1H3,(H,29,36)(H2,30,31,32,33). The number of fused-ring (bicyclic) bond motifs is 1. The molecule has 0 spiro atoms. The number of sulfonamides is 1. The minimum atomic E-state index is -3.50. The van der Waals surface area contributed by atoms with E-state index < -0.39 is 14.8 Å². The first kappa shape index (κ1) is 26.1. The summed E-state index contributed by atoms with van der Waals surface area (Å²) in [5.74, 6) is 0.668. The maximum atomic E-state index is 12.8. The van der Waals surface area contributed by atoms with Crippen LogP contribution in [0.25, 0.3) is 10.9 Å². The molecule has 1 aliphatic heterocycles. The molecule has 1 saturated heterocycles. The van der Waals surface area contributed by atoms with Crippen LogP contribution in [0.3, 0.4) is 0 Å². The predicted octanol–water partition coefficient (Wildman–Crippen LogP) is 3.80. The summed E-state index contributed by atoms with van der Waals surface area (Å²) in [6, 6.07) is 16.9. The summed E-state index contributed by atoms with van der Waals surface area (Å²) in [4.78, 5) is 26.9. The predicted molar refractivity (Wildman–Crippen MR) is 157 cm³/mol. The molecule has 2 aromatic heterocycles. The van der Waals surface area contributed by atoms with Gasteiger partial charge in [0.1, 0.15) is 11.2 Å². The van der Waals surface area contributed by atoms with Gasteiger partial charge in [0.25, 0.3) is 5.56 Å². The zero-order valence-electron chi connectivity index (χ0n) is 22.1. The Morgan fingerprint density at radius 2 is 1.77 bits per heavy atom. The molecule has 208 valence electrons. The van der Waals surface area contributed by atoms with Crippen molar-refractivity contribution >= 4 is 49.8 Å². The van der Waals surface area contributed by atoms with Gasteiger partial charge in [0.05, 0.1) is 29.2 Å². The average Bonchev–Trinajstić information content (AvgIpc) is 3.72. The van der Waals surface area contributed by atoms with E-state index in [9.17, 15) is 13.2 Å². The van der Waals surface area contributed by atoms with Crippen molar-refractivity contribution in [2.24, 2.45) is 0 Å². The molecule has 2 fully saturated rings. The molecule has 2 aliphatic rings. The highest BCUT2D eigenvalue weighted by Crippen LogP contribution is 2.43. The summed E-state index contributed by atoms with van der Waals surface area (Å²) in [6.45, 7) is 5.14. The lowest BCUT2D eigenvalue weighted by molar-refractivity contribution is 0.122. The molecule has 12 heteroatoms. The topological polar surface area (TPSA) is 141 Å². The van der Waals surface area contributed by atoms with Crippen LogP contribution >= 0.6 is 0 Å². The minimum Gasteiger partial charge on any atom is -0.378 e. The number of ether oxygens (including phenoxy) is 1. The lowest BCUT2D eigenvalue weighted by Crippen LogP contribution is -2.36. The minimum absolute atomic E-state index is 0.276. The van der Waals surface area contributed by atoms with Gasteiger partial charge < -0.3 is 25.3 Å². The number of pyridine rings is 1. The van der Waals surface area contributed by atoms with Gasteiger partial charge in [-0.05, 0) is 61.7 Å². The lowest BCUT2D eigenvalue weighted by atomic mass is 10.2. The van der Waals surface area contributed by atoms with Crippen LogP contribution in [-0.2, 0) is 21.3 Å². The number of benzene rings is 2. The fourth-order valence-electron chi connectivity index (χ4n) is 4.64. The first-order valence-corrected chi connectivity index (χ1v) is 14.7. The van der Waals surface area contributed by atoms with Crippen molar-refractivity contribution in [1.29, 1.82) is 0 Å². The van der Waals surface area contributed by atoms with Crippen molar-refractivity contribution in [2.45, 2.75) is 31.1 Å². The van der Waals surface area contributed by atoms with E-state index in [4.69, 9.17) is 4.74 Å². The van der Waals surface area contributed by atoms with E-state index in [1.807, 2.05) is 36.4 Å². The number of H-pyrrole nitrogens is 1. The van der Waals surface area contributed by atoms with Crippen molar-refractivity contribution in [3.63, 3.8) is 0 Å². The summed E-state index contributed by atoms with van der Waals surface area (Å²) in [5, 5.41) is 6.82. The largest absolute Gasteiger partial charge is 0.378 e. The SMILES string of the molecule is CC1(S(=O)(=O)Nc2ccccc2CNc2nc(Nc3ccc(N4CCOCC4)cc3)c3c(=O)[nH]ccc3n2)CC1. The van der Waals surface area contributed by atoms with Crippen molar-refractivity contribution in [1.82, 2.24) is 15.0 Å². The third-order valence-corrected chi connectivity index (χ3v) is 9.62. The zero-order chi connectivity index (χ0) is 27.7. The molecule has 0 radical (unpaired) electrons. The van der Waals surface area contributed by atoms with Crippen molar-refractivity contribution in [3.8, 4) is 0 Å². The molecule has 11 nitrogen and oxygen atoms in total. The van der Waals surface area contributed by atoms with Gasteiger partial charge in [0, 0.05) is 37.2 Å². The molecule has 1 aliphatic carbocycles. The third kappa shape index (κ3) is 5.32. The smallest absolute Gasteiger partial charge is 0.261 e. The van der Waals surface area contributed by atoms with Gasteiger partial charge in [-0.15, -0.1) is 0 Å². The maximum Gasteiger partial charge on any atom is 0.261 e. The van der Waals surface area contributed by atoms with Crippen LogP contribution in [0.2, 0.25) is 0 Å². The Balaban J connectivity index is 1.24. The van der Waals surface area contributed by atoms with E-state index >= 15 is 0 Å². The number of aromatic nitrogens is 3. The Labute approximate surface area is 232 Å². The fraction of sp³-hybridized carbons (Fsp3) is 0.321. The second-order valence-electron chi connectivity index (χ2n) is 10.3. The van der Waals surface area contributed by atoms with E-state index in [1.54, 1.807) is 31.3 Å². The molecule has 6 rings (SSSR count). The van der Waals surface area contributed by atoms with Crippen molar-refractivity contribution in [2.75, 3.05) is 46.6 Å². The van der Waals surface area contributed by atoms with Gasteiger partial charge >= 0.3 is 0 Å². The van der Waals surface area contributed by atoms with E-state index in [0.29, 0.717) is 54.4 Å². The lowest BCUT2D eigenvalue weighted by Gasteiger charge is -2.28. The Kier molecular flexibility index (Phi) is 6.80. The number of para-hydroxylation sites is 1. The number of hydrogen-bond donors (Lipinski definition) is 4. The molecule has 3 heterocycles. The molecular weight excluding hydrogens is 530 g/mol. The van der Waals surface area contributed by atoms with Crippen LogP contribution in [0, 0.1) is 0 Å². The normalized spacial score (nSPS) is 16.5. The van der Waals surface area contributed by atoms with E-state index in [0.717, 1.165) is 30.0 Å². The number of nitrogens with one attached hydrogen (secondary N) is 4. The highest BCUT2D eigenvalue weighted by molar-refractivity contribution is 7.94. The Morgan fingerprint density at radius 1 is 1.02 bits per heavy atom. The van der Waals surface area contributed by atoms with Crippen molar-refractivity contribution < 1.29 is 13.2 Å². The number of morpholine rings is 1. The second-order valence-corrected chi connectivity index (χ2v) is 12.5. The first-order chi connectivity index (χ1) is 19.3. The molecule has 0 atom stereocenters. The number of nitrogens with zero attached hydrogens (tertiary/aromatic N) is 3. The van der Waals surface area contributed by atoms with Crippen LogP contribution < -0.4 is 25.8 Å². The van der Waals surface area contributed by atoms with Crippen molar-refractivity contribution in [3.05, 3.63) is 76.7 Å². The molecule has 2 aromatic carbocycles. The number of aromatic amines is 1. The number of rotatable bonds is 9. The Morgan fingerprint density at radius 3 is 2.52 bits per heavy atom. The summed E-state index contributed by atoms with van der Waals surface area (Å²) >= 11 is 0. The van der Waals surface area contributed by atoms with Gasteiger partial charge in [0.2, 0.25) is 16.0 Å². The second kappa shape index (κ2) is 10.4. The quantitative estimate of drug-likeness (QED) is 0.240. The highest BCUT2D eigenvalue weighted by Gasteiger charge is 2.50. The summed E-state index contributed by atoms with van der Waals surface area (Å²) in [7, 11) is -3.50. The summed E-state index contributed by atoms with van der Waals surface area (Å²) in [6.07, 6.45) is 2.85. The summed E-state index contributed by atoms with van der Waals surface area (Å²) in [5.41, 5.74) is 3.32.